The third-order valence-corrected chi connectivity index (χ3v) is 5.56. The molecule has 2 aromatic carbocycles. The number of hydrogen-bond acceptors (Lipinski definition) is 3. The van der Waals surface area contributed by atoms with Gasteiger partial charge in [0.25, 0.3) is 17.7 Å². The molecule has 0 radical (unpaired) electrons. The first-order valence-electron chi connectivity index (χ1n) is 9.44. The lowest BCUT2D eigenvalue weighted by molar-refractivity contribution is 0.0626. The van der Waals surface area contributed by atoms with Crippen molar-refractivity contribution in [1.82, 2.24) is 9.80 Å². The van der Waals surface area contributed by atoms with Crippen molar-refractivity contribution in [3.05, 3.63) is 71.3 Å². The average molecular weight is 362 g/mol. The minimum atomic E-state index is -0.188. The zero-order valence-electron chi connectivity index (χ0n) is 15.1. The normalized spacial score (nSPS) is 17.3. The van der Waals surface area contributed by atoms with Crippen LogP contribution in [0.5, 0.6) is 0 Å². The Morgan fingerprint density at radius 1 is 0.852 bits per heavy atom. The molecule has 0 atom stereocenters. The molecule has 5 heteroatoms. The van der Waals surface area contributed by atoms with Gasteiger partial charge in [-0.25, -0.2) is 0 Å². The third-order valence-electron chi connectivity index (χ3n) is 5.56. The Balaban J connectivity index is 1.30. The number of carbonyl (C=O) groups excluding carboxylic acids is 3. The van der Waals surface area contributed by atoms with Gasteiger partial charge < -0.3 is 4.90 Å². The minimum absolute atomic E-state index is 0.0781. The van der Waals surface area contributed by atoms with Crippen LogP contribution in [0.3, 0.4) is 0 Å². The van der Waals surface area contributed by atoms with Crippen LogP contribution in [0, 0.1) is 5.92 Å². The van der Waals surface area contributed by atoms with E-state index in [-0.39, 0.29) is 17.7 Å². The average Bonchev–Trinajstić information content (AvgIpc) is 2.97. The zero-order valence-corrected chi connectivity index (χ0v) is 15.1. The summed E-state index contributed by atoms with van der Waals surface area (Å²) in [4.78, 5) is 40.6. The van der Waals surface area contributed by atoms with Crippen molar-refractivity contribution in [2.24, 2.45) is 5.92 Å². The highest BCUT2D eigenvalue weighted by molar-refractivity contribution is 6.21. The molecule has 5 nitrogen and oxygen atoms in total. The lowest BCUT2D eigenvalue weighted by Crippen LogP contribution is -2.39. The van der Waals surface area contributed by atoms with Crippen molar-refractivity contribution in [3.63, 3.8) is 0 Å². The third kappa shape index (κ3) is 3.37. The number of amides is 3. The van der Waals surface area contributed by atoms with Crippen molar-refractivity contribution in [2.45, 2.75) is 19.3 Å². The Hall–Kier alpha value is -2.95. The van der Waals surface area contributed by atoms with Gasteiger partial charge in [-0.15, -0.1) is 0 Å². The molecule has 1 fully saturated rings. The highest BCUT2D eigenvalue weighted by Gasteiger charge is 2.35. The number of benzene rings is 2. The quantitative estimate of drug-likeness (QED) is 0.785. The van der Waals surface area contributed by atoms with Crippen LogP contribution in [0.25, 0.3) is 0 Å². The molecule has 0 unspecified atom stereocenters. The molecule has 4 rings (SSSR count). The fourth-order valence-corrected chi connectivity index (χ4v) is 3.94. The van der Waals surface area contributed by atoms with Crippen molar-refractivity contribution >= 4 is 17.7 Å². The van der Waals surface area contributed by atoms with Gasteiger partial charge in [-0.05, 0) is 49.4 Å². The first-order chi connectivity index (χ1) is 13.1. The van der Waals surface area contributed by atoms with Gasteiger partial charge in [0.15, 0.2) is 0 Å². The van der Waals surface area contributed by atoms with E-state index in [1.165, 1.54) is 4.90 Å². The van der Waals surface area contributed by atoms with Gasteiger partial charge in [0, 0.05) is 25.2 Å². The number of nitrogens with zero attached hydrogens (tertiary/aromatic N) is 2. The van der Waals surface area contributed by atoms with Crippen molar-refractivity contribution in [1.29, 1.82) is 0 Å². The maximum absolute atomic E-state index is 12.5. The summed E-state index contributed by atoms with van der Waals surface area (Å²) >= 11 is 0. The summed E-state index contributed by atoms with van der Waals surface area (Å²) in [5, 5.41) is 0. The Labute approximate surface area is 158 Å². The molecule has 2 aliphatic heterocycles. The Kier molecular flexibility index (Phi) is 4.75. The van der Waals surface area contributed by atoms with E-state index < -0.39 is 0 Å². The summed E-state index contributed by atoms with van der Waals surface area (Å²) in [5.74, 6) is 0.128. The van der Waals surface area contributed by atoms with Crippen LogP contribution in [0.4, 0.5) is 0 Å². The maximum atomic E-state index is 12.5. The topological polar surface area (TPSA) is 57.7 Å². The summed E-state index contributed by atoms with van der Waals surface area (Å²) in [6, 6.07) is 16.3. The van der Waals surface area contributed by atoms with E-state index in [1.54, 1.807) is 24.3 Å². The van der Waals surface area contributed by atoms with Crippen LogP contribution in [0.1, 0.15) is 50.3 Å². The second kappa shape index (κ2) is 7.35. The SMILES string of the molecule is O=C(c1ccccc1)N1CCC(CCN2C(=O)c3ccccc3C2=O)CC1. The van der Waals surface area contributed by atoms with Crippen molar-refractivity contribution < 1.29 is 14.4 Å². The number of carbonyl (C=O) groups is 3. The number of piperidine rings is 1. The van der Waals surface area contributed by atoms with Crippen LogP contribution < -0.4 is 0 Å². The number of imide groups is 1. The first kappa shape index (κ1) is 17.5. The van der Waals surface area contributed by atoms with E-state index in [0.29, 0.717) is 23.6 Å². The standard InChI is InChI=1S/C22H22N2O3/c25-20(17-6-2-1-3-7-17)23-13-10-16(11-14-23)12-15-24-21(26)18-8-4-5-9-19(18)22(24)27/h1-9,16H,10-15H2. The van der Waals surface area contributed by atoms with E-state index in [0.717, 1.165) is 37.9 Å². The lowest BCUT2D eigenvalue weighted by Gasteiger charge is -2.32. The number of likely N-dealkylation sites (tertiary alicyclic amines) is 1. The smallest absolute Gasteiger partial charge is 0.261 e. The van der Waals surface area contributed by atoms with E-state index in [1.807, 2.05) is 35.2 Å². The van der Waals surface area contributed by atoms with Crippen molar-refractivity contribution in [2.75, 3.05) is 19.6 Å². The molecule has 0 N–H and O–H groups in total. The molecule has 138 valence electrons. The fourth-order valence-electron chi connectivity index (χ4n) is 3.94. The minimum Gasteiger partial charge on any atom is -0.339 e. The number of fused-ring (bicyclic) bond motifs is 1. The fraction of sp³-hybridized carbons (Fsp3) is 0.318. The molecule has 2 heterocycles. The van der Waals surface area contributed by atoms with E-state index in [4.69, 9.17) is 0 Å². The van der Waals surface area contributed by atoms with E-state index >= 15 is 0 Å². The van der Waals surface area contributed by atoms with Gasteiger partial charge in [0.2, 0.25) is 0 Å². The van der Waals surface area contributed by atoms with Gasteiger partial charge in [0.05, 0.1) is 11.1 Å². The van der Waals surface area contributed by atoms with Crippen molar-refractivity contribution in [3.8, 4) is 0 Å². The first-order valence-corrected chi connectivity index (χ1v) is 9.44. The number of rotatable bonds is 4. The molecule has 0 bridgehead atoms. The molecule has 0 aromatic heterocycles. The lowest BCUT2D eigenvalue weighted by atomic mass is 9.93. The van der Waals surface area contributed by atoms with Gasteiger partial charge in [-0.2, -0.15) is 0 Å². The van der Waals surface area contributed by atoms with Crippen LogP contribution in [-0.2, 0) is 0 Å². The van der Waals surface area contributed by atoms with Crippen LogP contribution in [0.15, 0.2) is 54.6 Å². The maximum Gasteiger partial charge on any atom is 0.261 e. The second-order valence-electron chi connectivity index (χ2n) is 7.20. The Bertz CT molecular complexity index is 835. The molecule has 27 heavy (non-hydrogen) atoms. The Morgan fingerprint density at radius 2 is 1.41 bits per heavy atom. The predicted octanol–water partition coefficient (Wildman–Crippen LogP) is 3.23. The molecular weight excluding hydrogens is 340 g/mol. The van der Waals surface area contributed by atoms with Crippen LogP contribution in [-0.4, -0.2) is 47.2 Å². The highest BCUT2D eigenvalue weighted by Crippen LogP contribution is 2.26. The second-order valence-corrected chi connectivity index (χ2v) is 7.20. The molecule has 2 aliphatic rings. The van der Waals surface area contributed by atoms with Gasteiger partial charge >= 0.3 is 0 Å². The van der Waals surface area contributed by atoms with Crippen LogP contribution >= 0.6 is 0 Å². The molecule has 0 spiro atoms. The predicted molar refractivity (Wildman–Crippen MR) is 101 cm³/mol. The molecule has 1 saturated heterocycles. The number of hydrogen-bond donors (Lipinski definition) is 0. The van der Waals surface area contributed by atoms with Gasteiger partial charge in [-0.1, -0.05) is 30.3 Å². The Morgan fingerprint density at radius 3 is 2.00 bits per heavy atom. The largest absolute Gasteiger partial charge is 0.339 e. The molecule has 0 aliphatic carbocycles. The highest BCUT2D eigenvalue weighted by atomic mass is 16.2. The van der Waals surface area contributed by atoms with Gasteiger partial charge in [-0.3, -0.25) is 19.3 Å². The summed E-state index contributed by atoms with van der Waals surface area (Å²) in [6.45, 7) is 1.89. The zero-order chi connectivity index (χ0) is 18.8. The monoisotopic (exact) mass is 362 g/mol. The van der Waals surface area contributed by atoms with E-state index in [9.17, 15) is 14.4 Å². The molecule has 0 saturated carbocycles. The summed E-state index contributed by atoms with van der Waals surface area (Å²) in [5.41, 5.74) is 1.73. The summed E-state index contributed by atoms with van der Waals surface area (Å²) in [7, 11) is 0. The molecular formula is C22H22N2O3. The van der Waals surface area contributed by atoms with E-state index in [2.05, 4.69) is 0 Å². The molecule has 2 aromatic rings. The summed E-state index contributed by atoms with van der Waals surface area (Å²) in [6.07, 6.45) is 2.60. The van der Waals surface area contributed by atoms with Gasteiger partial charge in [0.1, 0.15) is 0 Å². The van der Waals surface area contributed by atoms with Crippen LogP contribution in [0.2, 0.25) is 0 Å². The summed E-state index contributed by atoms with van der Waals surface area (Å²) < 4.78 is 0. The molecule has 3 amide bonds.